The molecule has 0 aliphatic rings. The molecule has 0 spiro atoms. The molecule has 0 bridgehead atoms. The van der Waals surface area contributed by atoms with E-state index in [0.29, 0.717) is 11.5 Å². The summed E-state index contributed by atoms with van der Waals surface area (Å²) in [4.78, 5) is 2.30. The summed E-state index contributed by atoms with van der Waals surface area (Å²) in [5.74, 6) is 3.03. The van der Waals surface area contributed by atoms with Crippen molar-refractivity contribution < 1.29 is 18.9 Å². The van der Waals surface area contributed by atoms with Crippen LogP contribution in [-0.4, -0.2) is 53.5 Å². The highest BCUT2D eigenvalue weighted by atomic mass is 16.5. The summed E-state index contributed by atoms with van der Waals surface area (Å²) in [7, 11) is 8.69. The number of benzene rings is 2. The van der Waals surface area contributed by atoms with Gasteiger partial charge in [0, 0.05) is 6.54 Å². The molecule has 0 N–H and O–H groups in total. The molecule has 180 valence electrons. The maximum absolute atomic E-state index is 10.3. The van der Waals surface area contributed by atoms with Gasteiger partial charge < -0.3 is 23.8 Å². The molecule has 6 nitrogen and oxygen atoms in total. The SMILES string of the molecule is COc1ccc([C@](C#N)(CCCN(C)CCc2cccc(OC)c2OC)C(C)C)cc1OC. The van der Waals surface area contributed by atoms with Crippen LogP contribution in [0.15, 0.2) is 36.4 Å². The van der Waals surface area contributed by atoms with Crippen LogP contribution in [-0.2, 0) is 11.8 Å². The third kappa shape index (κ3) is 6.11. The van der Waals surface area contributed by atoms with Crippen LogP contribution in [0.2, 0.25) is 0 Å². The number of nitrogens with zero attached hydrogens (tertiary/aromatic N) is 2. The summed E-state index contributed by atoms with van der Waals surface area (Å²) in [6.07, 6.45) is 2.54. The van der Waals surface area contributed by atoms with Gasteiger partial charge in [-0.1, -0.05) is 32.0 Å². The Hall–Kier alpha value is -2.91. The molecule has 2 aromatic carbocycles. The summed E-state index contributed by atoms with van der Waals surface area (Å²) in [6, 6.07) is 14.4. The molecule has 0 aliphatic heterocycles. The quantitative estimate of drug-likeness (QED) is 0.420. The van der Waals surface area contributed by atoms with Crippen molar-refractivity contribution in [3.05, 3.63) is 47.5 Å². The second kappa shape index (κ2) is 12.4. The molecule has 0 fully saturated rings. The van der Waals surface area contributed by atoms with Gasteiger partial charge in [0.15, 0.2) is 23.0 Å². The molecule has 0 saturated carbocycles. The van der Waals surface area contributed by atoms with Gasteiger partial charge in [0.1, 0.15) is 0 Å². The number of hydrogen-bond donors (Lipinski definition) is 0. The molecule has 0 aromatic heterocycles. The van der Waals surface area contributed by atoms with Crippen molar-refractivity contribution in [1.29, 1.82) is 5.26 Å². The first kappa shape index (κ1) is 26.3. The number of ether oxygens (including phenoxy) is 4. The molecule has 0 heterocycles. The zero-order valence-corrected chi connectivity index (χ0v) is 21.1. The Morgan fingerprint density at radius 1 is 0.909 bits per heavy atom. The minimum Gasteiger partial charge on any atom is -0.493 e. The molecule has 6 heteroatoms. The van der Waals surface area contributed by atoms with Gasteiger partial charge >= 0.3 is 0 Å². The van der Waals surface area contributed by atoms with Crippen LogP contribution in [0.4, 0.5) is 0 Å². The average molecular weight is 455 g/mol. The van der Waals surface area contributed by atoms with E-state index in [-0.39, 0.29) is 5.92 Å². The fourth-order valence-corrected chi connectivity index (χ4v) is 4.33. The number of methoxy groups -OCH3 is 4. The molecule has 0 aliphatic carbocycles. The van der Waals surface area contributed by atoms with E-state index in [1.165, 1.54) is 0 Å². The molecule has 33 heavy (non-hydrogen) atoms. The van der Waals surface area contributed by atoms with Gasteiger partial charge in [-0.05, 0) is 68.1 Å². The van der Waals surface area contributed by atoms with E-state index < -0.39 is 5.41 Å². The molecule has 0 radical (unpaired) electrons. The lowest BCUT2D eigenvalue weighted by Gasteiger charge is -2.32. The van der Waals surface area contributed by atoms with Crippen molar-refractivity contribution in [2.75, 3.05) is 48.6 Å². The average Bonchev–Trinajstić information content (AvgIpc) is 2.84. The number of rotatable bonds is 13. The van der Waals surface area contributed by atoms with Gasteiger partial charge in [-0.25, -0.2) is 0 Å². The summed E-state index contributed by atoms with van der Waals surface area (Å²) in [5.41, 5.74) is 1.51. The van der Waals surface area contributed by atoms with Gasteiger partial charge in [-0.3, -0.25) is 0 Å². The third-order valence-electron chi connectivity index (χ3n) is 6.44. The molecule has 1 atom stereocenters. The minimum atomic E-state index is -0.587. The maximum atomic E-state index is 10.3. The number of nitriles is 1. The first-order valence-electron chi connectivity index (χ1n) is 11.4. The lowest BCUT2D eigenvalue weighted by molar-refractivity contribution is 0.291. The van der Waals surface area contributed by atoms with Crippen molar-refractivity contribution in [2.45, 2.75) is 38.5 Å². The lowest BCUT2D eigenvalue weighted by Crippen LogP contribution is -2.32. The van der Waals surface area contributed by atoms with Gasteiger partial charge in [-0.2, -0.15) is 5.26 Å². The number of hydrogen-bond acceptors (Lipinski definition) is 6. The molecule has 2 rings (SSSR count). The smallest absolute Gasteiger partial charge is 0.163 e. The Balaban J connectivity index is 2.06. The highest BCUT2D eigenvalue weighted by molar-refractivity contribution is 5.48. The van der Waals surface area contributed by atoms with E-state index in [0.717, 1.165) is 55.0 Å². The standard InChI is InChI=1S/C27H38N2O4/c1-20(2)27(19-28,22-12-13-23(30-4)25(18-22)32-6)15-9-16-29(3)17-14-21-10-8-11-24(31-5)26(21)33-7/h8,10-13,18,20H,9,14-17H2,1-7H3/t27-/m0/s1. The summed E-state index contributed by atoms with van der Waals surface area (Å²) in [5, 5.41) is 10.3. The molecule has 0 unspecified atom stereocenters. The maximum Gasteiger partial charge on any atom is 0.163 e. The highest BCUT2D eigenvalue weighted by Crippen LogP contribution is 2.40. The van der Waals surface area contributed by atoms with E-state index in [1.807, 2.05) is 30.3 Å². The summed E-state index contributed by atoms with van der Waals surface area (Å²) >= 11 is 0. The van der Waals surface area contributed by atoms with E-state index >= 15 is 0 Å². The Kier molecular flexibility index (Phi) is 9.87. The number of para-hydroxylation sites is 1. The lowest BCUT2D eigenvalue weighted by atomic mass is 9.69. The second-order valence-corrected chi connectivity index (χ2v) is 8.62. The van der Waals surface area contributed by atoms with Crippen LogP contribution < -0.4 is 18.9 Å². The predicted octanol–water partition coefficient (Wildman–Crippen LogP) is 5.09. The molecule has 0 saturated heterocycles. The molecule has 2 aromatic rings. The van der Waals surface area contributed by atoms with Crippen LogP contribution in [0.3, 0.4) is 0 Å². The minimum absolute atomic E-state index is 0.159. The largest absolute Gasteiger partial charge is 0.493 e. The van der Waals surface area contributed by atoms with Gasteiger partial charge in [0.2, 0.25) is 0 Å². The Labute approximate surface area is 199 Å². The fraction of sp³-hybridized carbons (Fsp3) is 0.519. The van der Waals surface area contributed by atoms with Crippen molar-refractivity contribution in [1.82, 2.24) is 4.90 Å². The van der Waals surface area contributed by atoms with Gasteiger partial charge in [-0.15, -0.1) is 0 Å². The normalized spacial score (nSPS) is 12.8. The molecular weight excluding hydrogens is 416 g/mol. The third-order valence-corrected chi connectivity index (χ3v) is 6.44. The Bertz CT molecular complexity index is 938. The topological polar surface area (TPSA) is 64.0 Å². The highest BCUT2D eigenvalue weighted by Gasteiger charge is 2.36. The summed E-state index contributed by atoms with van der Waals surface area (Å²) < 4.78 is 21.8. The van der Waals surface area contributed by atoms with Crippen molar-refractivity contribution >= 4 is 0 Å². The zero-order valence-electron chi connectivity index (χ0n) is 21.1. The monoisotopic (exact) mass is 454 g/mol. The second-order valence-electron chi connectivity index (χ2n) is 8.62. The van der Waals surface area contributed by atoms with E-state index in [1.54, 1.807) is 28.4 Å². The first-order valence-corrected chi connectivity index (χ1v) is 11.4. The zero-order chi connectivity index (χ0) is 24.4. The number of likely N-dealkylation sites (N-methyl/N-ethyl adjacent to an activating group) is 1. The van der Waals surface area contributed by atoms with Crippen LogP contribution in [0.5, 0.6) is 23.0 Å². The van der Waals surface area contributed by atoms with Crippen LogP contribution in [0.1, 0.15) is 37.8 Å². The summed E-state index contributed by atoms with van der Waals surface area (Å²) in [6.45, 7) is 6.01. The Morgan fingerprint density at radius 2 is 1.61 bits per heavy atom. The van der Waals surface area contributed by atoms with Gasteiger partial charge in [0.05, 0.1) is 39.9 Å². The van der Waals surface area contributed by atoms with E-state index in [4.69, 9.17) is 18.9 Å². The van der Waals surface area contributed by atoms with E-state index in [9.17, 15) is 5.26 Å². The van der Waals surface area contributed by atoms with Crippen molar-refractivity contribution in [3.63, 3.8) is 0 Å². The molecular formula is C27H38N2O4. The van der Waals surface area contributed by atoms with E-state index in [2.05, 4.69) is 37.9 Å². The van der Waals surface area contributed by atoms with Crippen LogP contribution in [0.25, 0.3) is 0 Å². The van der Waals surface area contributed by atoms with Crippen LogP contribution in [0, 0.1) is 17.2 Å². The van der Waals surface area contributed by atoms with Crippen molar-refractivity contribution in [3.8, 4) is 29.1 Å². The molecule has 0 amide bonds. The van der Waals surface area contributed by atoms with Crippen molar-refractivity contribution in [2.24, 2.45) is 5.92 Å². The predicted molar refractivity (Wildman–Crippen MR) is 132 cm³/mol. The fourth-order valence-electron chi connectivity index (χ4n) is 4.33. The van der Waals surface area contributed by atoms with Crippen LogP contribution >= 0.6 is 0 Å². The first-order chi connectivity index (χ1) is 15.9. The van der Waals surface area contributed by atoms with Gasteiger partial charge in [0.25, 0.3) is 0 Å². The Morgan fingerprint density at radius 3 is 2.18 bits per heavy atom.